The molecule has 0 saturated heterocycles. The molecule has 1 atom stereocenters. The van der Waals surface area contributed by atoms with Crippen LogP contribution in [-0.2, 0) is 14.9 Å². The molecule has 0 fully saturated rings. The van der Waals surface area contributed by atoms with Gasteiger partial charge in [-0.3, -0.25) is 9.35 Å². The van der Waals surface area contributed by atoms with Crippen LogP contribution in [0.1, 0.15) is 90.9 Å². The van der Waals surface area contributed by atoms with Gasteiger partial charge >= 0.3 is 0 Å². The molecule has 1 unspecified atom stereocenters. The van der Waals surface area contributed by atoms with Gasteiger partial charge in [-0.2, -0.15) is 8.42 Å². The Morgan fingerprint density at radius 1 is 0.913 bits per heavy atom. The molecule has 0 aliphatic rings. The van der Waals surface area contributed by atoms with Crippen LogP contribution < -0.4 is 5.32 Å². The molecular formula is C17H35NO4S. The minimum Gasteiger partial charge on any atom is -0.355 e. The summed E-state index contributed by atoms with van der Waals surface area (Å²) in [7, 11) is -4.06. The minimum absolute atomic E-state index is 0.0320. The monoisotopic (exact) mass is 349 g/mol. The van der Waals surface area contributed by atoms with E-state index in [0.29, 0.717) is 6.42 Å². The van der Waals surface area contributed by atoms with E-state index in [-0.39, 0.29) is 12.5 Å². The Labute approximate surface area is 142 Å². The molecule has 6 heteroatoms. The van der Waals surface area contributed by atoms with Crippen molar-refractivity contribution in [1.29, 1.82) is 0 Å². The molecule has 23 heavy (non-hydrogen) atoms. The van der Waals surface area contributed by atoms with Crippen LogP contribution in [0.5, 0.6) is 0 Å². The van der Waals surface area contributed by atoms with Gasteiger partial charge in [0.2, 0.25) is 5.91 Å². The first kappa shape index (κ1) is 22.4. The predicted molar refractivity (Wildman–Crippen MR) is 95.1 cm³/mol. The largest absolute Gasteiger partial charge is 0.355 e. The van der Waals surface area contributed by atoms with E-state index in [1.54, 1.807) is 0 Å². The van der Waals surface area contributed by atoms with Crippen molar-refractivity contribution in [2.45, 2.75) is 96.1 Å². The molecule has 0 rings (SSSR count). The number of hydrogen-bond acceptors (Lipinski definition) is 3. The lowest BCUT2D eigenvalue weighted by atomic mass is 10.1. The third-order valence-electron chi connectivity index (χ3n) is 4.10. The smallest absolute Gasteiger partial charge is 0.269 e. The normalized spacial score (nSPS) is 13.0. The van der Waals surface area contributed by atoms with E-state index in [9.17, 15) is 13.2 Å². The molecule has 0 saturated carbocycles. The number of carbonyl (C=O) groups is 1. The maximum atomic E-state index is 11.5. The zero-order valence-electron chi connectivity index (χ0n) is 14.8. The average Bonchev–Trinajstić information content (AvgIpc) is 2.49. The van der Waals surface area contributed by atoms with Crippen molar-refractivity contribution in [3.05, 3.63) is 0 Å². The summed E-state index contributed by atoms with van der Waals surface area (Å²) >= 11 is 0. The summed E-state index contributed by atoms with van der Waals surface area (Å²) in [6, 6.07) is 0. The Morgan fingerprint density at radius 2 is 1.35 bits per heavy atom. The van der Waals surface area contributed by atoms with Crippen LogP contribution in [0.4, 0.5) is 0 Å². The fraction of sp³-hybridized carbons (Fsp3) is 0.941. The van der Waals surface area contributed by atoms with E-state index >= 15 is 0 Å². The second kappa shape index (κ2) is 13.8. The molecule has 0 bridgehead atoms. The number of hydrogen-bond donors (Lipinski definition) is 2. The van der Waals surface area contributed by atoms with Gasteiger partial charge in [0.15, 0.2) is 0 Å². The Kier molecular flexibility index (Phi) is 13.4. The first-order valence-corrected chi connectivity index (χ1v) is 10.6. The molecule has 138 valence electrons. The maximum Gasteiger partial charge on any atom is 0.269 e. The number of rotatable bonds is 15. The Morgan fingerprint density at radius 3 is 1.78 bits per heavy atom. The van der Waals surface area contributed by atoms with Gasteiger partial charge in [0.1, 0.15) is 5.25 Å². The first-order valence-electron chi connectivity index (χ1n) is 9.11. The van der Waals surface area contributed by atoms with Gasteiger partial charge in [-0.05, 0) is 13.3 Å². The van der Waals surface area contributed by atoms with Crippen molar-refractivity contribution in [3.63, 3.8) is 0 Å². The summed E-state index contributed by atoms with van der Waals surface area (Å²) in [5.74, 6) is -0.142. The molecule has 0 aliphatic heterocycles. The van der Waals surface area contributed by atoms with E-state index in [1.807, 2.05) is 0 Å². The van der Waals surface area contributed by atoms with Crippen LogP contribution in [-0.4, -0.2) is 30.7 Å². The van der Waals surface area contributed by atoms with Crippen molar-refractivity contribution in [2.24, 2.45) is 0 Å². The third-order valence-corrected chi connectivity index (χ3v) is 5.29. The van der Waals surface area contributed by atoms with Gasteiger partial charge < -0.3 is 5.32 Å². The van der Waals surface area contributed by atoms with Crippen LogP contribution in [0.2, 0.25) is 0 Å². The van der Waals surface area contributed by atoms with E-state index in [4.69, 9.17) is 4.55 Å². The van der Waals surface area contributed by atoms with Gasteiger partial charge in [0, 0.05) is 13.0 Å². The Hall–Kier alpha value is -0.620. The zero-order valence-corrected chi connectivity index (χ0v) is 15.7. The van der Waals surface area contributed by atoms with Gasteiger partial charge in [0.25, 0.3) is 10.1 Å². The lowest BCUT2D eigenvalue weighted by Gasteiger charge is -2.09. The highest BCUT2D eigenvalue weighted by Crippen LogP contribution is 2.11. The standard InChI is InChI=1S/C17H35NO4S/c1-3-4-5-6-7-8-9-10-11-12-13-14-17(19)18-15-16(2)23(20,21)22/h16H,3-15H2,1-2H3,(H,18,19)(H,20,21,22). The number of nitrogens with one attached hydrogen (secondary N) is 1. The summed E-state index contributed by atoms with van der Waals surface area (Å²) in [6.45, 7) is 3.57. The Balaban J connectivity index is 3.36. The molecule has 0 aromatic carbocycles. The van der Waals surface area contributed by atoms with Gasteiger partial charge in [-0.25, -0.2) is 0 Å². The fourth-order valence-electron chi connectivity index (χ4n) is 2.40. The SMILES string of the molecule is CCCCCCCCCCCCCC(=O)NCC(C)S(=O)(=O)O. The van der Waals surface area contributed by atoms with Crippen molar-refractivity contribution < 1.29 is 17.8 Å². The Bertz CT molecular complexity index is 395. The van der Waals surface area contributed by atoms with Crippen LogP contribution in [0.15, 0.2) is 0 Å². The molecule has 0 aliphatic carbocycles. The lowest BCUT2D eigenvalue weighted by molar-refractivity contribution is -0.121. The van der Waals surface area contributed by atoms with Crippen LogP contribution in [0, 0.1) is 0 Å². The first-order chi connectivity index (χ1) is 10.9. The lowest BCUT2D eigenvalue weighted by Crippen LogP contribution is -2.34. The average molecular weight is 350 g/mol. The van der Waals surface area contributed by atoms with E-state index in [2.05, 4.69) is 12.2 Å². The number of carbonyl (C=O) groups excluding carboxylic acids is 1. The van der Waals surface area contributed by atoms with Crippen molar-refractivity contribution in [2.75, 3.05) is 6.54 Å². The maximum absolute atomic E-state index is 11.5. The summed E-state index contributed by atoms with van der Waals surface area (Å²) in [6.07, 6.45) is 14.0. The van der Waals surface area contributed by atoms with Crippen molar-refractivity contribution >= 4 is 16.0 Å². The third kappa shape index (κ3) is 14.7. The highest BCUT2D eigenvalue weighted by Gasteiger charge is 2.17. The molecule has 0 heterocycles. The summed E-state index contributed by atoms with van der Waals surface area (Å²) < 4.78 is 30.4. The van der Waals surface area contributed by atoms with Gasteiger partial charge in [-0.1, -0.05) is 71.1 Å². The zero-order chi connectivity index (χ0) is 17.6. The molecule has 1 amide bonds. The summed E-state index contributed by atoms with van der Waals surface area (Å²) in [5.41, 5.74) is 0. The van der Waals surface area contributed by atoms with Crippen LogP contribution in [0.25, 0.3) is 0 Å². The summed E-state index contributed by atoms with van der Waals surface area (Å²) in [4.78, 5) is 11.5. The van der Waals surface area contributed by atoms with E-state index in [1.165, 1.54) is 58.3 Å². The molecule has 5 nitrogen and oxygen atoms in total. The van der Waals surface area contributed by atoms with Crippen molar-refractivity contribution in [1.82, 2.24) is 5.32 Å². The molecule has 0 spiro atoms. The predicted octanol–water partition coefficient (Wildman–Crippen LogP) is 4.08. The van der Waals surface area contributed by atoms with Gasteiger partial charge in [-0.15, -0.1) is 0 Å². The molecule has 2 N–H and O–H groups in total. The molecular weight excluding hydrogens is 314 g/mol. The fourth-order valence-corrected chi connectivity index (χ4v) is 2.69. The minimum atomic E-state index is -4.06. The number of amides is 1. The van der Waals surface area contributed by atoms with E-state index < -0.39 is 15.4 Å². The quantitative estimate of drug-likeness (QED) is 0.345. The second-order valence-electron chi connectivity index (χ2n) is 6.42. The number of unbranched alkanes of at least 4 members (excludes halogenated alkanes) is 10. The molecule has 0 radical (unpaired) electrons. The topological polar surface area (TPSA) is 83.5 Å². The second-order valence-corrected chi connectivity index (χ2v) is 8.25. The van der Waals surface area contributed by atoms with Crippen LogP contribution >= 0.6 is 0 Å². The van der Waals surface area contributed by atoms with Gasteiger partial charge in [0.05, 0.1) is 0 Å². The summed E-state index contributed by atoms with van der Waals surface area (Å²) in [5, 5.41) is 1.59. The van der Waals surface area contributed by atoms with Crippen LogP contribution in [0.3, 0.4) is 0 Å². The van der Waals surface area contributed by atoms with Crippen molar-refractivity contribution in [3.8, 4) is 0 Å². The molecule has 0 aromatic heterocycles. The molecule has 0 aromatic rings. The highest BCUT2D eigenvalue weighted by molar-refractivity contribution is 7.86. The van der Waals surface area contributed by atoms with E-state index in [0.717, 1.165) is 19.3 Å². The highest BCUT2D eigenvalue weighted by atomic mass is 32.2.